The maximum Gasteiger partial charge on any atom is 0.187 e. The van der Waals surface area contributed by atoms with E-state index >= 15 is 0 Å². The smallest absolute Gasteiger partial charge is 0.187 e. The number of aliphatic hydroxyl groups is 2. The van der Waals surface area contributed by atoms with Crippen molar-refractivity contribution in [3.8, 4) is 0 Å². The average Bonchev–Trinajstić information content (AvgIpc) is 2.45. The number of aliphatic hydroxyl groups excluding tert-OH is 1. The number of thioether (sulfide) groups is 1. The Hall–Kier alpha value is -0.690. The maximum absolute atomic E-state index is 9.96. The van der Waals surface area contributed by atoms with E-state index in [1.807, 2.05) is 12.4 Å². The van der Waals surface area contributed by atoms with Gasteiger partial charge in [-0.15, -0.1) is 0 Å². The number of β-amino-alcohol motifs (C(OH)–C–C–N with tert-alkyl or cyclic N) is 1. The second-order valence-corrected chi connectivity index (χ2v) is 7.00. The molecule has 0 bridgehead atoms. The molecule has 6 heteroatoms. The fourth-order valence-corrected chi connectivity index (χ4v) is 3.16. The van der Waals surface area contributed by atoms with Gasteiger partial charge in [-0.25, -0.2) is 9.97 Å². The highest BCUT2D eigenvalue weighted by Crippen LogP contribution is 2.23. The summed E-state index contributed by atoms with van der Waals surface area (Å²) in [6.07, 6.45) is 5.98. The van der Waals surface area contributed by atoms with Crippen molar-refractivity contribution >= 4 is 11.8 Å². The first-order chi connectivity index (χ1) is 10.0. The molecule has 0 unspecified atom stereocenters. The van der Waals surface area contributed by atoms with Gasteiger partial charge in [-0.3, -0.25) is 4.90 Å². The van der Waals surface area contributed by atoms with Gasteiger partial charge in [-0.1, -0.05) is 25.1 Å². The lowest BCUT2D eigenvalue weighted by atomic mass is 9.90. The van der Waals surface area contributed by atoms with E-state index in [2.05, 4.69) is 21.8 Å². The van der Waals surface area contributed by atoms with E-state index in [1.54, 1.807) is 18.7 Å². The molecular weight excluding hydrogens is 286 g/mol. The van der Waals surface area contributed by atoms with Crippen LogP contribution < -0.4 is 0 Å². The molecule has 1 aliphatic heterocycles. The lowest BCUT2D eigenvalue weighted by Gasteiger charge is -2.39. The Labute approximate surface area is 130 Å². The van der Waals surface area contributed by atoms with Gasteiger partial charge in [0.15, 0.2) is 5.16 Å². The van der Waals surface area contributed by atoms with Crippen LogP contribution >= 0.6 is 11.8 Å². The number of piperidine rings is 1. The van der Waals surface area contributed by atoms with Gasteiger partial charge < -0.3 is 10.2 Å². The molecule has 1 saturated heterocycles. The Kier molecular flexibility index (Phi) is 5.98. The fraction of sp³-hybridized carbons (Fsp3) is 0.733. The van der Waals surface area contributed by atoms with Crippen LogP contribution in [-0.2, 0) is 6.54 Å². The van der Waals surface area contributed by atoms with Crippen molar-refractivity contribution in [2.45, 2.75) is 56.5 Å². The third kappa shape index (κ3) is 4.92. The molecule has 0 spiro atoms. The molecule has 1 aromatic heterocycles. The van der Waals surface area contributed by atoms with E-state index in [-0.39, 0.29) is 0 Å². The van der Waals surface area contributed by atoms with Crippen LogP contribution in [0.2, 0.25) is 0 Å². The minimum Gasteiger partial charge on any atom is -0.389 e. The van der Waals surface area contributed by atoms with Crippen molar-refractivity contribution in [2.24, 2.45) is 0 Å². The van der Waals surface area contributed by atoms with E-state index in [4.69, 9.17) is 0 Å². The predicted octanol–water partition coefficient (Wildman–Crippen LogP) is 1.69. The van der Waals surface area contributed by atoms with E-state index in [9.17, 15) is 10.2 Å². The summed E-state index contributed by atoms with van der Waals surface area (Å²) >= 11 is 1.69. The number of nitrogens with zero attached hydrogens (tertiary/aromatic N) is 3. The minimum atomic E-state index is -0.966. The van der Waals surface area contributed by atoms with Crippen LogP contribution in [0.15, 0.2) is 17.6 Å². The summed E-state index contributed by atoms with van der Waals surface area (Å²) in [5.41, 5.74) is 0.0795. The molecule has 1 aliphatic rings. The van der Waals surface area contributed by atoms with Crippen LogP contribution in [0.4, 0.5) is 0 Å². The number of hydrogen-bond acceptors (Lipinski definition) is 6. The third-order valence-corrected chi connectivity index (χ3v) is 4.86. The van der Waals surface area contributed by atoms with Gasteiger partial charge in [0.2, 0.25) is 0 Å². The van der Waals surface area contributed by atoms with Crippen molar-refractivity contribution in [1.29, 1.82) is 0 Å². The highest BCUT2D eigenvalue weighted by Gasteiger charge is 2.36. The third-order valence-electron chi connectivity index (χ3n) is 3.90. The van der Waals surface area contributed by atoms with Gasteiger partial charge in [0.05, 0.1) is 11.7 Å². The van der Waals surface area contributed by atoms with Crippen molar-refractivity contribution in [3.63, 3.8) is 0 Å². The topological polar surface area (TPSA) is 69.5 Å². The van der Waals surface area contributed by atoms with E-state index in [0.29, 0.717) is 19.5 Å². The summed E-state index contributed by atoms with van der Waals surface area (Å²) in [7, 11) is 0. The molecule has 118 valence electrons. The maximum atomic E-state index is 9.96. The van der Waals surface area contributed by atoms with Crippen LogP contribution in [0, 0.1) is 0 Å². The first kappa shape index (κ1) is 16.7. The highest BCUT2D eigenvalue weighted by atomic mass is 32.2. The second kappa shape index (κ2) is 7.54. The van der Waals surface area contributed by atoms with Crippen molar-refractivity contribution in [1.82, 2.24) is 14.9 Å². The largest absolute Gasteiger partial charge is 0.389 e. The number of rotatable bonds is 6. The summed E-state index contributed by atoms with van der Waals surface area (Å²) in [5, 5.41) is 20.7. The summed E-state index contributed by atoms with van der Waals surface area (Å²) in [6, 6.07) is 0. The Bertz CT molecular complexity index is 439. The molecule has 0 aromatic carbocycles. The molecule has 1 fully saturated rings. The van der Waals surface area contributed by atoms with Crippen LogP contribution in [0.3, 0.4) is 0 Å². The number of likely N-dealkylation sites (tertiary alicyclic amines) is 1. The lowest BCUT2D eigenvalue weighted by molar-refractivity contribution is -0.108. The molecule has 2 atom stereocenters. The van der Waals surface area contributed by atoms with E-state index in [1.165, 1.54) is 12.8 Å². The summed E-state index contributed by atoms with van der Waals surface area (Å²) < 4.78 is 0. The number of aromatic nitrogens is 2. The van der Waals surface area contributed by atoms with Crippen LogP contribution in [0.25, 0.3) is 0 Å². The van der Waals surface area contributed by atoms with Crippen LogP contribution in [-0.4, -0.2) is 55.6 Å². The minimum absolute atomic E-state index is 0.486. The first-order valence-corrected chi connectivity index (χ1v) is 8.56. The molecule has 0 saturated carbocycles. The number of hydrogen-bond donors (Lipinski definition) is 2. The fourth-order valence-electron chi connectivity index (χ4n) is 2.29. The Morgan fingerprint density at radius 3 is 2.76 bits per heavy atom. The molecular formula is C15H25N3O2S. The Morgan fingerprint density at radius 2 is 2.14 bits per heavy atom. The molecule has 21 heavy (non-hydrogen) atoms. The van der Waals surface area contributed by atoms with Gasteiger partial charge in [-0.2, -0.15) is 0 Å². The average molecular weight is 311 g/mol. The van der Waals surface area contributed by atoms with Crippen molar-refractivity contribution in [3.05, 3.63) is 18.0 Å². The van der Waals surface area contributed by atoms with Crippen LogP contribution in [0.5, 0.6) is 0 Å². The van der Waals surface area contributed by atoms with E-state index in [0.717, 1.165) is 23.0 Å². The number of unbranched alkanes of at least 4 members (excludes halogenated alkanes) is 1. The summed E-state index contributed by atoms with van der Waals surface area (Å²) in [6.45, 7) is 5.85. The first-order valence-electron chi connectivity index (χ1n) is 7.58. The van der Waals surface area contributed by atoms with Gasteiger partial charge in [-0.05, 0) is 19.8 Å². The quantitative estimate of drug-likeness (QED) is 0.473. The molecule has 0 radical (unpaired) electrons. The molecule has 2 heterocycles. The summed E-state index contributed by atoms with van der Waals surface area (Å²) in [5.74, 6) is 1.06. The van der Waals surface area contributed by atoms with Gasteiger partial charge in [0, 0.05) is 43.3 Å². The van der Waals surface area contributed by atoms with Crippen molar-refractivity contribution < 1.29 is 10.2 Å². The monoisotopic (exact) mass is 311 g/mol. The SMILES string of the molecule is CCCCSc1ncc(CN2CC[C@](C)(O)[C@@H](O)C2)cn1. The molecule has 0 aliphatic carbocycles. The molecule has 0 amide bonds. The van der Waals surface area contributed by atoms with Gasteiger partial charge in [0.1, 0.15) is 0 Å². The van der Waals surface area contributed by atoms with E-state index < -0.39 is 11.7 Å². The normalized spacial score (nSPS) is 27.0. The Balaban J connectivity index is 1.83. The van der Waals surface area contributed by atoms with Gasteiger partial charge in [0.25, 0.3) is 0 Å². The Morgan fingerprint density at radius 1 is 1.43 bits per heavy atom. The standard InChI is InChI=1S/C15H25N3O2S/c1-3-4-7-21-14-16-8-12(9-17-14)10-18-6-5-15(2,20)13(19)11-18/h8-9,13,19-20H,3-7,10-11H2,1-2H3/t13-,15-/m0/s1. The predicted molar refractivity (Wildman–Crippen MR) is 84.2 cm³/mol. The summed E-state index contributed by atoms with van der Waals surface area (Å²) in [4.78, 5) is 10.9. The molecule has 2 N–H and O–H groups in total. The zero-order valence-corrected chi connectivity index (χ0v) is 13.6. The molecule has 5 nitrogen and oxygen atoms in total. The zero-order valence-electron chi connectivity index (χ0n) is 12.8. The van der Waals surface area contributed by atoms with Crippen LogP contribution in [0.1, 0.15) is 38.7 Å². The van der Waals surface area contributed by atoms with Crippen molar-refractivity contribution in [2.75, 3.05) is 18.8 Å². The second-order valence-electron chi connectivity index (χ2n) is 5.93. The van der Waals surface area contributed by atoms with Gasteiger partial charge >= 0.3 is 0 Å². The molecule has 1 aromatic rings. The highest BCUT2D eigenvalue weighted by molar-refractivity contribution is 7.99. The molecule has 2 rings (SSSR count). The zero-order chi connectivity index (χ0) is 15.3. The lowest BCUT2D eigenvalue weighted by Crippen LogP contribution is -2.53.